The second-order valence-electron chi connectivity index (χ2n) is 4.06. The van der Waals surface area contributed by atoms with Gasteiger partial charge in [0.15, 0.2) is 11.5 Å². The molecule has 95 valence electrons. The highest BCUT2D eigenvalue weighted by molar-refractivity contribution is 6.58. The van der Waals surface area contributed by atoms with Gasteiger partial charge in [-0.05, 0) is 18.6 Å². The summed E-state index contributed by atoms with van der Waals surface area (Å²) in [6, 6.07) is 11.9. The molecule has 0 bridgehead atoms. The molecule has 0 aliphatic heterocycles. The molecule has 0 amide bonds. The van der Waals surface area contributed by atoms with Crippen LogP contribution in [0.15, 0.2) is 24.3 Å². The fraction of sp³-hybridized carbons (Fsp3) is 0.571. The van der Waals surface area contributed by atoms with E-state index in [2.05, 4.69) is 13.8 Å². The first-order valence-corrected chi connectivity index (χ1v) is 8.53. The van der Waals surface area contributed by atoms with Crippen LogP contribution in [0.2, 0.25) is 18.1 Å². The number of rotatable bonds is 8. The van der Waals surface area contributed by atoms with Gasteiger partial charge in [-0.3, -0.25) is 0 Å². The van der Waals surface area contributed by atoms with Crippen molar-refractivity contribution in [3.63, 3.8) is 0 Å². The van der Waals surface area contributed by atoms with E-state index >= 15 is 0 Å². The van der Waals surface area contributed by atoms with Crippen molar-refractivity contribution in [1.82, 2.24) is 0 Å². The summed E-state index contributed by atoms with van der Waals surface area (Å²) in [5.74, 6) is 1.68. The van der Waals surface area contributed by atoms with Crippen LogP contribution in [0.3, 0.4) is 0 Å². The molecule has 0 saturated carbocycles. The van der Waals surface area contributed by atoms with Gasteiger partial charge in [0.05, 0.1) is 13.7 Å². The summed E-state index contributed by atoms with van der Waals surface area (Å²) in [6.45, 7) is 5.41. The molecule has 0 saturated heterocycles. The van der Waals surface area contributed by atoms with Crippen molar-refractivity contribution in [1.29, 1.82) is 0 Å². The van der Waals surface area contributed by atoms with E-state index in [1.165, 1.54) is 18.1 Å². The Morgan fingerprint density at radius 1 is 1.06 bits per heavy atom. The average molecular weight is 251 g/mol. The molecule has 0 unspecified atom stereocenters. The van der Waals surface area contributed by atoms with Crippen LogP contribution in [-0.4, -0.2) is 22.5 Å². The van der Waals surface area contributed by atoms with E-state index in [-0.39, 0.29) is 8.80 Å². The maximum absolute atomic E-state index is 5.76. The molecule has 0 heterocycles. The Morgan fingerprint density at radius 3 is 2.29 bits per heavy atom. The van der Waals surface area contributed by atoms with Crippen molar-refractivity contribution < 1.29 is 9.47 Å². The lowest BCUT2D eigenvalue weighted by Crippen LogP contribution is -2.10. The molecule has 0 aliphatic rings. The van der Waals surface area contributed by atoms with Gasteiger partial charge in [0.25, 0.3) is 0 Å². The Labute approximate surface area is 107 Å². The predicted molar refractivity (Wildman–Crippen MR) is 74.6 cm³/mol. The van der Waals surface area contributed by atoms with Gasteiger partial charge in [0.2, 0.25) is 0 Å². The zero-order chi connectivity index (χ0) is 12.5. The summed E-state index contributed by atoms with van der Waals surface area (Å²) < 4.78 is 11.0. The Morgan fingerprint density at radius 2 is 1.71 bits per heavy atom. The van der Waals surface area contributed by atoms with E-state index < -0.39 is 0 Å². The lowest BCUT2D eigenvalue weighted by atomic mass is 10.3. The van der Waals surface area contributed by atoms with E-state index in [9.17, 15) is 0 Å². The highest BCUT2D eigenvalue weighted by atomic mass is 28.3. The Balaban J connectivity index is 2.30. The monoisotopic (exact) mass is 251 g/mol. The van der Waals surface area contributed by atoms with Gasteiger partial charge < -0.3 is 9.47 Å². The van der Waals surface area contributed by atoms with E-state index in [1.54, 1.807) is 7.11 Å². The molecule has 1 aromatic carbocycles. The van der Waals surface area contributed by atoms with Crippen molar-refractivity contribution in [2.45, 2.75) is 38.4 Å². The third-order valence-electron chi connectivity index (χ3n) is 3.00. The number of hydrogen-bond donors (Lipinski definition) is 0. The predicted octanol–water partition coefficient (Wildman–Crippen LogP) is 4.00. The minimum Gasteiger partial charge on any atom is -0.493 e. The number of hydrogen-bond acceptors (Lipinski definition) is 2. The van der Waals surface area contributed by atoms with E-state index in [4.69, 9.17) is 9.47 Å². The van der Waals surface area contributed by atoms with Crippen LogP contribution in [0.1, 0.15) is 20.3 Å². The van der Waals surface area contributed by atoms with Gasteiger partial charge in [0, 0.05) is 8.80 Å². The maximum atomic E-state index is 5.76. The van der Waals surface area contributed by atoms with Crippen molar-refractivity contribution in [2.75, 3.05) is 13.7 Å². The Hall–Kier alpha value is -0.963. The van der Waals surface area contributed by atoms with E-state index in [0.717, 1.165) is 24.5 Å². The number of para-hydroxylation sites is 2. The lowest BCUT2D eigenvalue weighted by molar-refractivity contribution is 0.294. The summed E-state index contributed by atoms with van der Waals surface area (Å²) in [5.41, 5.74) is 0. The largest absolute Gasteiger partial charge is 0.493 e. The van der Waals surface area contributed by atoms with Gasteiger partial charge in [-0.1, -0.05) is 44.1 Å². The minimum absolute atomic E-state index is 0.104. The average Bonchev–Trinajstić information content (AvgIpc) is 2.39. The fourth-order valence-corrected chi connectivity index (χ4v) is 3.70. The number of methoxy groups -OCH3 is 1. The molecule has 1 rings (SSSR count). The molecule has 0 spiro atoms. The molecule has 1 radical (unpaired) electrons. The zero-order valence-corrected chi connectivity index (χ0v) is 12.2. The SMILES string of the molecule is CC[Si](CC)CCCOc1ccccc1OC. The van der Waals surface area contributed by atoms with Crippen molar-refractivity contribution in [3.05, 3.63) is 24.3 Å². The lowest BCUT2D eigenvalue weighted by Gasteiger charge is -2.12. The van der Waals surface area contributed by atoms with Crippen LogP contribution in [0.4, 0.5) is 0 Å². The molecule has 0 atom stereocenters. The van der Waals surface area contributed by atoms with Crippen LogP contribution in [-0.2, 0) is 0 Å². The molecule has 0 fully saturated rings. The topological polar surface area (TPSA) is 18.5 Å². The summed E-state index contributed by atoms with van der Waals surface area (Å²) in [4.78, 5) is 0. The molecule has 17 heavy (non-hydrogen) atoms. The van der Waals surface area contributed by atoms with Gasteiger partial charge in [-0.2, -0.15) is 0 Å². The Kier molecular flexibility index (Phi) is 6.78. The summed E-state index contributed by atoms with van der Waals surface area (Å²) >= 11 is 0. The van der Waals surface area contributed by atoms with Gasteiger partial charge >= 0.3 is 0 Å². The van der Waals surface area contributed by atoms with E-state index in [1.807, 2.05) is 24.3 Å². The molecular formula is C14H23O2Si. The normalized spacial score (nSPS) is 10.6. The van der Waals surface area contributed by atoms with Crippen LogP contribution in [0.25, 0.3) is 0 Å². The third-order valence-corrected chi connectivity index (χ3v) is 6.06. The van der Waals surface area contributed by atoms with Crippen molar-refractivity contribution in [2.24, 2.45) is 0 Å². The third kappa shape index (κ3) is 4.82. The Bertz CT molecular complexity index is 311. The van der Waals surface area contributed by atoms with Gasteiger partial charge in [-0.25, -0.2) is 0 Å². The molecule has 0 N–H and O–H groups in total. The number of ether oxygens (including phenoxy) is 2. The quantitative estimate of drug-likeness (QED) is 0.513. The highest BCUT2D eigenvalue weighted by Gasteiger charge is 2.06. The molecular weight excluding hydrogens is 228 g/mol. The van der Waals surface area contributed by atoms with Crippen LogP contribution in [0.5, 0.6) is 11.5 Å². The van der Waals surface area contributed by atoms with E-state index in [0.29, 0.717) is 0 Å². The van der Waals surface area contributed by atoms with Gasteiger partial charge in [0.1, 0.15) is 0 Å². The first kappa shape index (κ1) is 14.1. The first-order chi connectivity index (χ1) is 8.31. The van der Waals surface area contributed by atoms with Crippen molar-refractivity contribution >= 4 is 8.80 Å². The molecule has 0 aromatic heterocycles. The maximum Gasteiger partial charge on any atom is 0.161 e. The molecule has 3 heteroatoms. The minimum atomic E-state index is -0.104. The second kappa shape index (κ2) is 8.18. The number of benzene rings is 1. The first-order valence-electron chi connectivity index (χ1n) is 6.41. The summed E-state index contributed by atoms with van der Waals surface area (Å²) in [6.07, 6.45) is 1.16. The highest BCUT2D eigenvalue weighted by Crippen LogP contribution is 2.25. The zero-order valence-electron chi connectivity index (χ0n) is 11.2. The van der Waals surface area contributed by atoms with Crippen LogP contribution < -0.4 is 9.47 Å². The van der Waals surface area contributed by atoms with Crippen LogP contribution in [0, 0.1) is 0 Å². The van der Waals surface area contributed by atoms with Gasteiger partial charge in [-0.15, -0.1) is 0 Å². The summed E-state index contributed by atoms with van der Waals surface area (Å²) in [5, 5.41) is 0. The molecule has 0 aliphatic carbocycles. The second-order valence-corrected chi connectivity index (χ2v) is 7.47. The molecule has 2 nitrogen and oxygen atoms in total. The smallest absolute Gasteiger partial charge is 0.161 e. The van der Waals surface area contributed by atoms with Crippen molar-refractivity contribution in [3.8, 4) is 11.5 Å². The van der Waals surface area contributed by atoms with Crippen LogP contribution >= 0.6 is 0 Å². The molecule has 1 aromatic rings. The summed E-state index contributed by atoms with van der Waals surface area (Å²) in [7, 11) is 1.57. The standard InChI is InChI=1S/C14H23O2Si/c1-4-17(5-2)12-8-11-16-14-10-7-6-9-13(14)15-3/h6-7,9-10H,4-5,8,11-12H2,1-3H3. The fourth-order valence-electron chi connectivity index (χ4n) is 1.85.